The van der Waals surface area contributed by atoms with Crippen LogP contribution < -0.4 is 5.32 Å². The lowest BCUT2D eigenvalue weighted by Crippen LogP contribution is -2.61. The van der Waals surface area contributed by atoms with Crippen LogP contribution in [0.15, 0.2) is 0 Å². The van der Waals surface area contributed by atoms with E-state index in [-0.39, 0.29) is 5.54 Å². The molecule has 0 aromatic rings. The first-order chi connectivity index (χ1) is 8.51. The Morgan fingerprint density at radius 2 is 1.78 bits per heavy atom. The van der Waals surface area contributed by atoms with E-state index in [1.165, 1.54) is 0 Å². The van der Waals surface area contributed by atoms with Crippen molar-refractivity contribution in [1.82, 2.24) is 10.2 Å². The minimum Gasteiger partial charge on any atom is -0.385 e. The number of methoxy groups -OCH3 is 1. The lowest BCUT2D eigenvalue weighted by molar-refractivity contribution is 0.0441. The van der Waals surface area contributed by atoms with Gasteiger partial charge in [-0.3, -0.25) is 4.90 Å². The van der Waals surface area contributed by atoms with Crippen molar-refractivity contribution in [3.05, 3.63) is 0 Å². The molecule has 0 aliphatic rings. The fourth-order valence-electron chi connectivity index (χ4n) is 3.27. The van der Waals surface area contributed by atoms with Crippen molar-refractivity contribution in [3.63, 3.8) is 0 Å². The minimum atomic E-state index is 0.214. The summed E-state index contributed by atoms with van der Waals surface area (Å²) in [6.45, 7) is 14.6. The Hall–Kier alpha value is -0.120. The summed E-state index contributed by atoms with van der Waals surface area (Å²) in [4.78, 5) is 2.58. The average molecular weight is 258 g/mol. The quantitative estimate of drug-likeness (QED) is 0.652. The molecular weight excluding hydrogens is 224 g/mol. The molecule has 110 valence electrons. The molecule has 0 rings (SSSR count). The molecule has 0 bridgehead atoms. The Morgan fingerprint density at radius 3 is 2.11 bits per heavy atom. The molecule has 3 nitrogen and oxygen atoms in total. The summed E-state index contributed by atoms with van der Waals surface area (Å²) in [7, 11) is 3.87. The van der Waals surface area contributed by atoms with E-state index in [1.807, 2.05) is 0 Å². The van der Waals surface area contributed by atoms with E-state index in [0.717, 1.165) is 32.5 Å². The van der Waals surface area contributed by atoms with Crippen LogP contribution in [-0.2, 0) is 4.74 Å². The van der Waals surface area contributed by atoms with Crippen molar-refractivity contribution in [3.8, 4) is 0 Å². The van der Waals surface area contributed by atoms with Gasteiger partial charge in [-0.25, -0.2) is 0 Å². The standard InChI is InChI=1S/C15H34N2O/c1-8-15(5,17(9-2)10-3)14(16-6)13(4)11-12-18-7/h13-14,16H,8-12H2,1-7H3. The average Bonchev–Trinajstić information content (AvgIpc) is 2.38. The molecule has 0 amide bonds. The summed E-state index contributed by atoms with van der Waals surface area (Å²) in [6.07, 6.45) is 2.27. The van der Waals surface area contributed by atoms with Crippen molar-refractivity contribution in [2.75, 3.05) is 33.9 Å². The topological polar surface area (TPSA) is 24.5 Å². The molecule has 0 aromatic heterocycles. The molecule has 0 aromatic carbocycles. The van der Waals surface area contributed by atoms with Gasteiger partial charge in [0, 0.05) is 25.3 Å². The van der Waals surface area contributed by atoms with E-state index >= 15 is 0 Å². The van der Waals surface area contributed by atoms with Gasteiger partial charge < -0.3 is 10.1 Å². The molecule has 1 N–H and O–H groups in total. The van der Waals surface area contributed by atoms with Crippen LogP contribution in [0.3, 0.4) is 0 Å². The fourth-order valence-corrected chi connectivity index (χ4v) is 3.27. The summed E-state index contributed by atoms with van der Waals surface area (Å²) in [5.74, 6) is 0.612. The second-order valence-electron chi connectivity index (χ2n) is 5.41. The number of nitrogens with one attached hydrogen (secondary N) is 1. The van der Waals surface area contributed by atoms with Gasteiger partial charge in [0.2, 0.25) is 0 Å². The predicted octanol–water partition coefficient (Wildman–Crippen LogP) is 2.76. The number of rotatable bonds is 10. The first-order valence-corrected chi connectivity index (χ1v) is 7.42. The molecule has 3 heteroatoms. The van der Waals surface area contributed by atoms with Crippen molar-refractivity contribution >= 4 is 0 Å². The van der Waals surface area contributed by atoms with Gasteiger partial charge in [-0.1, -0.05) is 27.7 Å². The largest absolute Gasteiger partial charge is 0.385 e. The lowest BCUT2D eigenvalue weighted by Gasteiger charge is -2.48. The van der Waals surface area contributed by atoms with Crippen LogP contribution in [0, 0.1) is 5.92 Å². The molecule has 0 heterocycles. The molecule has 0 radical (unpaired) electrons. The number of likely N-dealkylation sites (N-methyl/N-ethyl adjacent to an activating group) is 2. The summed E-state index contributed by atoms with van der Waals surface area (Å²) in [6, 6.07) is 0.498. The number of nitrogens with zero attached hydrogens (tertiary/aromatic N) is 1. The van der Waals surface area contributed by atoms with Crippen LogP contribution in [-0.4, -0.2) is 50.3 Å². The second kappa shape index (κ2) is 8.89. The van der Waals surface area contributed by atoms with Gasteiger partial charge in [0.15, 0.2) is 0 Å². The molecule has 0 aliphatic heterocycles. The maximum Gasteiger partial charge on any atom is 0.0465 e. The summed E-state index contributed by atoms with van der Waals surface area (Å²) >= 11 is 0. The molecule has 3 atom stereocenters. The highest BCUT2D eigenvalue weighted by molar-refractivity contribution is 4.97. The van der Waals surface area contributed by atoms with Gasteiger partial charge in [0.1, 0.15) is 0 Å². The smallest absolute Gasteiger partial charge is 0.0465 e. The molecule has 3 unspecified atom stereocenters. The van der Waals surface area contributed by atoms with Crippen molar-refractivity contribution in [2.45, 2.75) is 59.0 Å². The summed E-state index contributed by atoms with van der Waals surface area (Å²) in [5.41, 5.74) is 0.214. The molecule has 0 spiro atoms. The van der Waals surface area contributed by atoms with E-state index in [1.54, 1.807) is 7.11 Å². The van der Waals surface area contributed by atoms with Crippen molar-refractivity contribution < 1.29 is 4.74 Å². The summed E-state index contributed by atoms with van der Waals surface area (Å²) in [5, 5.41) is 3.55. The van der Waals surface area contributed by atoms with Crippen LogP contribution in [0.5, 0.6) is 0 Å². The minimum absolute atomic E-state index is 0.214. The molecule has 0 aliphatic carbocycles. The third-order valence-corrected chi connectivity index (χ3v) is 4.53. The number of hydrogen-bond acceptors (Lipinski definition) is 3. The molecular formula is C15H34N2O. The molecule has 0 saturated heterocycles. The lowest BCUT2D eigenvalue weighted by atomic mass is 9.79. The van der Waals surface area contributed by atoms with Crippen LogP contribution in [0.25, 0.3) is 0 Å². The van der Waals surface area contributed by atoms with E-state index < -0.39 is 0 Å². The van der Waals surface area contributed by atoms with Crippen LogP contribution >= 0.6 is 0 Å². The first-order valence-electron chi connectivity index (χ1n) is 7.42. The van der Waals surface area contributed by atoms with Gasteiger partial charge in [0.05, 0.1) is 0 Å². The monoisotopic (exact) mass is 258 g/mol. The first kappa shape index (κ1) is 17.9. The van der Waals surface area contributed by atoms with E-state index in [9.17, 15) is 0 Å². The van der Waals surface area contributed by atoms with Gasteiger partial charge in [-0.15, -0.1) is 0 Å². The van der Waals surface area contributed by atoms with Crippen molar-refractivity contribution in [1.29, 1.82) is 0 Å². The highest BCUT2D eigenvalue weighted by atomic mass is 16.5. The van der Waals surface area contributed by atoms with E-state index in [0.29, 0.717) is 12.0 Å². The Balaban J connectivity index is 4.93. The van der Waals surface area contributed by atoms with Gasteiger partial charge in [-0.05, 0) is 45.8 Å². The third-order valence-electron chi connectivity index (χ3n) is 4.53. The van der Waals surface area contributed by atoms with Gasteiger partial charge >= 0.3 is 0 Å². The summed E-state index contributed by atoms with van der Waals surface area (Å²) < 4.78 is 5.23. The van der Waals surface area contributed by atoms with E-state index in [2.05, 4.69) is 51.9 Å². The Labute approximate surface area is 114 Å². The number of ether oxygens (including phenoxy) is 1. The molecule has 0 fully saturated rings. The fraction of sp³-hybridized carbons (Fsp3) is 1.00. The van der Waals surface area contributed by atoms with Gasteiger partial charge in [-0.2, -0.15) is 0 Å². The van der Waals surface area contributed by atoms with Crippen LogP contribution in [0.2, 0.25) is 0 Å². The van der Waals surface area contributed by atoms with Crippen LogP contribution in [0.4, 0.5) is 0 Å². The highest BCUT2D eigenvalue weighted by Gasteiger charge is 2.38. The van der Waals surface area contributed by atoms with E-state index in [4.69, 9.17) is 4.74 Å². The maximum atomic E-state index is 5.23. The second-order valence-corrected chi connectivity index (χ2v) is 5.41. The Morgan fingerprint density at radius 1 is 1.22 bits per heavy atom. The van der Waals surface area contributed by atoms with Crippen molar-refractivity contribution in [2.24, 2.45) is 5.92 Å². The third kappa shape index (κ3) is 4.22. The molecule has 18 heavy (non-hydrogen) atoms. The predicted molar refractivity (Wildman–Crippen MR) is 80.1 cm³/mol. The van der Waals surface area contributed by atoms with Gasteiger partial charge in [0.25, 0.3) is 0 Å². The molecule has 0 saturated carbocycles. The zero-order chi connectivity index (χ0) is 14.2. The normalized spacial score (nSPS) is 18.7. The Kier molecular flexibility index (Phi) is 8.83. The van der Waals surface area contributed by atoms with Crippen LogP contribution in [0.1, 0.15) is 47.5 Å². The highest BCUT2D eigenvalue weighted by Crippen LogP contribution is 2.29. The Bertz CT molecular complexity index is 207. The number of hydrogen-bond donors (Lipinski definition) is 1. The SMILES string of the molecule is CCN(CC)C(C)(CC)C(NC)C(C)CCOC. The zero-order valence-corrected chi connectivity index (χ0v) is 13.5. The maximum absolute atomic E-state index is 5.23. The zero-order valence-electron chi connectivity index (χ0n) is 13.5.